The quantitative estimate of drug-likeness (QED) is 0.548. The minimum Gasteiger partial charge on any atom is -0.396 e. The van der Waals surface area contributed by atoms with Crippen LogP contribution in [0.15, 0.2) is 18.2 Å². The van der Waals surface area contributed by atoms with Gasteiger partial charge in [-0.3, -0.25) is 0 Å². The number of anilines is 2. The number of nitrogen functional groups attached to an aromatic ring is 1. The molecule has 6 heteroatoms. The lowest BCUT2D eigenvalue weighted by molar-refractivity contribution is 0.252. The third-order valence-corrected chi connectivity index (χ3v) is 1.83. The Morgan fingerprint density at radius 3 is 2.87 bits per heavy atom. The number of halogens is 2. The summed E-state index contributed by atoms with van der Waals surface area (Å²) in [6.07, 6.45) is 0. The van der Waals surface area contributed by atoms with Crippen molar-refractivity contribution in [2.75, 3.05) is 23.5 Å². The van der Waals surface area contributed by atoms with Crippen molar-refractivity contribution >= 4 is 29.0 Å². The highest BCUT2D eigenvalue weighted by molar-refractivity contribution is 6.18. The number of hydrogen-bond donors (Lipinski definition) is 3. The number of nitrogens with two attached hydrogens (primary N) is 1. The van der Waals surface area contributed by atoms with Crippen LogP contribution in [0, 0.1) is 5.82 Å². The second-order valence-corrected chi connectivity index (χ2v) is 3.18. The zero-order valence-corrected chi connectivity index (χ0v) is 8.64. The molecule has 0 atom stereocenters. The molecule has 4 nitrogen and oxygen atoms in total. The lowest BCUT2D eigenvalue weighted by atomic mass is 10.3. The molecule has 0 fully saturated rings. The van der Waals surface area contributed by atoms with E-state index in [1.54, 1.807) is 0 Å². The lowest BCUT2D eigenvalue weighted by Crippen LogP contribution is -2.30. The first-order chi connectivity index (χ1) is 7.13. The highest BCUT2D eigenvalue weighted by Gasteiger charge is 2.03. The van der Waals surface area contributed by atoms with Crippen molar-refractivity contribution in [2.24, 2.45) is 0 Å². The minimum absolute atomic E-state index is 0.0433. The summed E-state index contributed by atoms with van der Waals surface area (Å²) in [5.41, 5.74) is 5.66. The molecule has 82 valence electrons. The number of nitrogens with one attached hydrogen (secondary N) is 2. The van der Waals surface area contributed by atoms with Gasteiger partial charge in [-0.05, 0) is 18.2 Å². The molecule has 0 aliphatic rings. The second kappa shape index (κ2) is 5.41. The van der Waals surface area contributed by atoms with E-state index in [0.29, 0.717) is 18.1 Å². The van der Waals surface area contributed by atoms with Crippen LogP contribution in [0.3, 0.4) is 0 Å². The van der Waals surface area contributed by atoms with E-state index in [-0.39, 0.29) is 5.69 Å². The summed E-state index contributed by atoms with van der Waals surface area (Å²) >= 11 is 5.38. The fraction of sp³-hybridized carbons (Fsp3) is 0.222. The van der Waals surface area contributed by atoms with Gasteiger partial charge in [0.05, 0.1) is 5.69 Å². The summed E-state index contributed by atoms with van der Waals surface area (Å²) < 4.78 is 13.0. The molecule has 0 saturated heterocycles. The molecule has 0 aromatic heterocycles. The van der Waals surface area contributed by atoms with Crippen molar-refractivity contribution in [3.63, 3.8) is 0 Å². The van der Waals surface area contributed by atoms with Crippen molar-refractivity contribution in [3.05, 3.63) is 24.0 Å². The molecule has 0 spiro atoms. The molecular formula is C9H11ClFN3O. The molecule has 15 heavy (non-hydrogen) atoms. The summed E-state index contributed by atoms with van der Waals surface area (Å²) in [7, 11) is 0. The van der Waals surface area contributed by atoms with Gasteiger partial charge in [0.25, 0.3) is 0 Å². The Morgan fingerprint density at radius 2 is 2.27 bits per heavy atom. The molecule has 0 aliphatic carbocycles. The van der Waals surface area contributed by atoms with Crippen LogP contribution in [-0.2, 0) is 0 Å². The van der Waals surface area contributed by atoms with Gasteiger partial charge in [0.15, 0.2) is 0 Å². The highest BCUT2D eigenvalue weighted by Crippen LogP contribution is 2.15. The van der Waals surface area contributed by atoms with E-state index in [2.05, 4.69) is 10.6 Å². The molecule has 0 aliphatic heterocycles. The van der Waals surface area contributed by atoms with Crippen molar-refractivity contribution in [2.45, 2.75) is 0 Å². The molecular weight excluding hydrogens is 221 g/mol. The maximum absolute atomic E-state index is 13.0. The summed E-state index contributed by atoms with van der Waals surface area (Å²) in [5.74, 6) is -0.242. The SMILES string of the molecule is Nc1ccc(NC(=O)NCCCl)cc1F. The molecule has 0 radical (unpaired) electrons. The predicted octanol–water partition coefficient (Wildman–Crippen LogP) is 1.77. The van der Waals surface area contributed by atoms with Gasteiger partial charge in [-0.25, -0.2) is 9.18 Å². The minimum atomic E-state index is -0.565. The van der Waals surface area contributed by atoms with Gasteiger partial charge < -0.3 is 16.4 Å². The Morgan fingerprint density at radius 1 is 1.53 bits per heavy atom. The van der Waals surface area contributed by atoms with Crippen LogP contribution in [0.5, 0.6) is 0 Å². The number of amides is 2. The maximum Gasteiger partial charge on any atom is 0.319 e. The van der Waals surface area contributed by atoms with Crippen molar-refractivity contribution in [1.82, 2.24) is 5.32 Å². The Kier molecular flexibility index (Phi) is 4.17. The number of urea groups is 1. The fourth-order valence-electron chi connectivity index (χ4n) is 0.941. The van der Waals surface area contributed by atoms with Crippen LogP contribution < -0.4 is 16.4 Å². The van der Waals surface area contributed by atoms with E-state index in [1.165, 1.54) is 12.1 Å². The first kappa shape index (κ1) is 11.6. The molecule has 1 aromatic rings. The fourth-order valence-corrected chi connectivity index (χ4v) is 1.04. The molecule has 4 N–H and O–H groups in total. The summed E-state index contributed by atoms with van der Waals surface area (Å²) in [6.45, 7) is 0.352. The number of alkyl halides is 1. The van der Waals surface area contributed by atoms with Gasteiger partial charge in [0.1, 0.15) is 5.82 Å². The van der Waals surface area contributed by atoms with Crippen LogP contribution >= 0.6 is 11.6 Å². The molecule has 0 bridgehead atoms. The standard InChI is InChI=1S/C9H11ClFN3O/c10-3-4-13-9(15)14-6-1-2-8(12)7(11)5-6/h1-2,5H,3-4,12H2,(H2,13,14,15). The van der Waals surface area contributed by atoms with E-state index in [1.807, 2.05) is 0 Å². The first-order valence-corrected chi connectivity index (χ1v) is 4.83. The third kappa shape index (κ3) is 3.63. The topological polar surface area (TPSA) is 67.1 Å². The van der Waals surface area contributed by atoms with Crippen LogP contribution in [0.4, 0.5) is 20.6 Å². The van der Waals surface area contributed by atoms with Gasteiger partial charge in [-0.2, -0.15) is 0 Å². The Labute approximate surface area is 91.6 Å². The smallest absolute Gasteiger partial charge is 0.319 e. The zero-order valence-electron chi connectivity index (χ0n) is 7.89. The Bertz CT molecular complexity index is 359. The van der Waals surface area contributed by atoms with E-state index < -0.39 is 11.8 Å². The molecule has 0 unspecified atom stereocenters. The molecule has 0 heterocycles. The van der Waals surface area contributed by atoms with E-state index in [0.717, 1.165) is 6.07 Å². The Balaban J connectivity index is 2.57. The maximum atomic E-state index is 13.0. The summed E-state index contributed by atoms with van der Waals surface area (Å²) in [6, 6.07) is 3.61. The average molecular weight is 232 g/mol. The largest absolute Gasteiger partial charge is 0.396 e. The zero-order chi connectivity index (χ0) is 11.3. The number of carbonyl (C=O) groups is 1. The Hall–Kier alpha value is -1.49. The van der Waals surface area contributed by atoms with E-state index in [9.17, 15) is 9.18 Å². The van der Waals surface area contributed by atoms with Crippen LogP contribution in [0.2, 0.25) is 0 Å². The molecule has 2 amide bonds. The number of hydrogen-bond acceptors (Lipinski definition) is 2. The van der Waals surface area contributed by atoms with Gasteiger partial charge in [-0.1, -0.05) is 0 Å². The van der Waals surface area contributed by atoms with E-state index in [4.69, 9.17) is 17.3 Å². The van der Waals surface area contributed by atoms with Gasteiger partial charge in [0, 0.05) is 18.1 Å². The van der Waals surface area contributed by atoms with Crippen molar-refractivity contribution < 1.29 is 9.18 Å². The second-order valence-electron chi connectivity index (χ2n) is 2.81. The molecule has 0 saturated carbocycles. The predicted molar refractivity (Wildman–Crippen MR) is 58.6 cm³/mol. The van der Waals surface area contributed by atoms with E-state index >= 15 is 0 Å². The highest BCUT2D eigenvalue weighted by atomic mass is 35.5. The normalized spacial score (nSPS) is 9.73. The average Bonchev–Trinajstić information content (AvgIpc) is 2.20. The molecule has 1 aromatic carbocycles. The first-order valence-electron chi connectivity index (χ1n) is 4.29. The van der Waals surface area contributed by atoms with Crippen LogP contribution in [0.25, 0.3) is 0 Å². The number of rotatable bonds is 3. The number of benzene rings is 1. The summed E-state index contributed by atoms with van der Waals surface area (Å²) in [5, 5.41) is 4.92. The van der Waals surface area contributed by atoms with Crippen LogP contribution in [0.1, 0.15) is 0 Å². The monoisotopic (exact) mass is 231 g/mol. The van der Waals surface area contributed by atoms with Crippen LogP contribution in [-0.4, -0.2) is 18.5 Å². The lowest BCUT2D eigenvalue weighted by Gasteiger charge is -2.06. The summed E-state index contributed by atoms with van der Waals surface area (Å²) in [4.78, 5) is 11.1. The van der Waals surface area contributed by atoms with Gasteiger partial charge >= 0.3 is 6.03 Å². The number of carbonyl (C=O) groups excluding carboxylic acids is 1. The molecule has 1 rings (SSSR count). The van der Waals surface area contributed by atoms with Gasteiger partial charge in [0.2, 0.25) is 0 Å². The van der Waals surface area contributed by atoms with Crippen molar-refractivity contribution in [1.29, 1.82) is 0 Å². The third-order valence-electron chi connectivity index (χ3n) is 1.64. The van der Waals surface area contributed by atoms with Crippen molar-refractivity contribution in [3.8, 4) is 0 Å². The van der Waals surface area contributed by atoms with Gasteiger partial charge in [-0.15, -0.1) is 11.6 Å².